The maximum Gasteiger partial charge on any atom is 0.240 e. The van der Waals surface area contributed by atoms with Gasteiger partial charge in [0.1, 0.15) is 0 Å². The van der Waals surface area contributed by atoms with Crippen molar-refractivity contribution >= 4 is 26.0 Å². The standard InChI is InChI=1S/C14H11BrN2O2S/c15-14-4-2-1-3-12(14)10-17-20(18,19)13-7-5-11(9-16)6-8-13/h1-8,17H,10H2. The molecular weight excluding hydrogens is 340 g/mol. The van der Waals surface area contributed by atoms with Gasteiger partial charge in [0, 0.05) is 11.0 Å². The van der Waals surface area contributed by atoms with Crippen molar-refractivity contribution < 1.29 is 8.42 Å². The zero-order valence-electron chi connectivity index (χ0n) is 10.4. The highest BCUT2D eigenvalue weighted by molar-refractivity contribution is 9.10. The van der Waals surface area contributed by atoms with Gasteiger partial charge in [-0.25, -0.2) is 13.1 Å². The number of nitriles is 1. The van der Waals surface area contributed by atoms with Crippen molar-refractivity contribution in [3.63, 3.8) is 0 Å². The van der Waals surface area contributed by atoms with Gasteiger partial charge in [-0.1, -0.05) is 34.1 Å². The SMILES string of the molecule is N#Cc1ccc(S(=O)(=O)NCc2ccccc2Br)cc1. The van der Waals surface area contributed by atoms with Gasteiger partial charge in [-0.05, 0) is 35.9 Å². The van der Waals surface area contributed by atoms with Crippen molar-refractivity contribution in [3.05, 3.63) is 64.1 Å². The van der Waals surface area contributed by atoms with Crippen LogP contribution in [-0.4, -0.2) is 8.42 Å². The van der Waals surface area contributed by atoms with Crippen LogP contribution < -0.4 is 4.72 Å². The van der Waals surface area contributed by atoms with E-state index in [-0.39, 0.29) is 11.4 Å². The predicted molar refractivity (Wildman–Crippen MR) is 79.3 cm³/mol. The van der Waals surface area contributed by atoms with Gasteiger partial charge < -0.3 is 0 Å². The maximum absolute atomic E-state index is 12.1. The Morgan fingerprint density at radius 2 is 1.75 bits per heavy atom. The molecule has 0 unspecified atom stereocenters. The normalized spacial score (nSPS) is 11.0. The molecule has 0 saturated heterocycles. The first-order chi connectivity index (χ1) is 9.53. The van der Waals surface area contributed by atoms with E-state index in [2.05, 4.69) is 20.7 Å². The summed E-state index contributed by atoms with van der Waals surface area (Å²) in [6.07, 6.45) is 0. The van der Waals surface area contributed by atoms with Crippen LogP contribution >= 0.6 is 15.9 Å². The van der Waals surface area contributed by atoms with Crippen molar-refractivity contribution in [3.8, 4) is 6.07 Å². The van der Waals surface area contributed by atoms with Crippen molar-refractivity contribution in [2.24, 2.45) is 0 Å². The van der Waals surface area contributed by atoms with Crippen molar-refractivity contribution in [2.75, 3.05) is 0 Å². The van der Waals surface area contributed by atoms with Crippen LogP contribution in [0.15, 0.2) is 57.9 Å². The van der Waals surface area contributed by atoms with Gasteiger partial charge in [0.05, 0.1) is 16.5 Å². The number of hydrogen-bond acceptors (Lipinski definition) is 3. The summed E-state index contributed by atoms with van der Waals surface area (Å²) >= 11 is 3.37. The van der Waals surface area contributed by atoms with Crippen LogP contribution in [0.1, 0.15) is 11.1 Å². The van der Waals surface area contributed by atoms with Crippen LogP contribution in [0.3, 0.4) is 0 Å². The number of nitrogens with zero attached hydrogens (tertiary/aromatic N) is 1. The summed E-state index contributed by atoms with van der Waals surface area (Å²) in [6, 6.07) is 15.1. The average molecular weight is 351 g/mol. The van der Waals surface area contributed by atoms with E-state index in [0.717, 1.165) is 10.0 Å². The summed E-state index contributed by atoms with van der Waals surface area (Å²) in [7, 11) is -3.58. The molecule has 2 aromatic rings. The Balaban J connectivity index is 2.15. The lowest BCUT2D eigenvalue weighted by atomic mass is 10.2. The predicted octanol–water partition coefficient (Wildman–Crippen LogP) is 2.80. The quantitative estimate of drug-likeness (QED) is 0.921. The Morgan fingerprint density at radius 3 is 2.35 bits per heavy atom. The molecule has 4 nitrogen and oxygen atoms in total. The number of hydrogen-bond donors (Lipinski definition) is 1. The zero-order chi connectivity index (χ0) is 14.6. The molecule has 0 saturated carbocycles. The van der Waals surface area contributed by atoms with Gasteiger partial charge in [0.2, 0.25) is 10.0 Å². The Morgan fingerprint density at radius 1 is 1.10 bits per heavy atom. The topological polar surface area (TPSA) is 70.0 Å². The molecule has 0 heterocycles. The third-order valence-electron chi connectivity index (χ3n) is 2.70. The minimum Gasteiger partial charge on any atom is -0.207 e. The third-order valence-corrected chi connectivity index (χ3v) is 4.89. The van der Waals surface area contributed by atoms with Crippen molar-refractivity contribution in [2.45, 2.75) is 11.4 Å². The fraction of sp³-hybridized carbons (Fsp3) is 0.0714. The summed E-state index contributed by atoms with van der Waals surface area (Å²) in [5.41, 5.74) is 1.28. The number of sulfonamides is 1. The minimum absolute atomic E-state index is 0.142. The summed E-state index contributed by atoms with van der Waals surface area (Å²) < 4.78 is 27.6. The van der Waals surface area contributed by atoms with Crippen molar-refractivity contribution in [1.82, 2.24) is 4.72 Å². The second-order valence-electron chi connectivity index (χ2n) is 4.05. The Labute approximate surface area is 126 Å². The molecule has 0 radical (unpaired) electrons. The molecule has 0 aliphatic heterocycles. The summed E-state index contributed by atoms with van der Waals surface area (Å²) in [6.45, 7) is 0.198. The molecule has 0 amide bonds. The highest BCUT2D eigenvalue weighted by Crippen LogP contribution is 2.17. The van der Waals surface area contributed by atoms with Gasteiger partial charge in [-0.15, -0.1) is 0 Å². The van der Waals surface area contributed by atoms with Crippen LogP contribution in [0, 0.1) is 11.3 Å². The fourth-order valence-electron chi connectivity index (χ4n) is 1.61. The maximum atomic E-state index is 12.1. The number of rotatable bonds is 4. The fourth-order valence-corrected chi connectivity index (χ4v) is 3.04. The first kappa shape index (κ1) is 14.7. The number of benzene rings is 2. The van der Waals surface area contributed by atoms with Gasteiger partial charge in [0.15, 0.2) is 0 Å². The molecule has 0 aromatic heterocycles. The lowest BCUT2D eigenvalue weighted by Crippen LogP contribution is -2.23. The Hall–Kier alpha value is -1.68. The Bertz CT molecular complexity index is 749. The molecule has 0 fully saturated rings. The number of halogens is 1. The second-order valence-corrected chi connectivity index (χ2v) is 6.67. The van der Waals surface area contributed by atoms with E-state index in [1.54, 1.807) is 0 Å². The molecule has 0 aliphatic rings. The number of nitrogens with one attached hydrogen (secondary N) is 1. The molecule has 6 heteroatoms. The molecule has 0 atom stereocenters. The first-order valence-electron chi connectivity index (χ1n) is 5.76. The highest BCUT2D eigenvalue weighted by Gasteiger charge is 2.14. The van der Waals surface area contributed by atoms with Gasteiger partial charge >= 0.3 is 0 Å². The van der Waals surface area contributed by atoms with Crippen LogP contribution in [0.4, 0.5) is 0 Å². The Kier molecular flexibility index (Phi) is 4.55. The monoisotopic (exact) mass is 350 g/mol. The van der Waals surface area contributed by atoms with Crippen LogP contribution in [0.25, 0.3) is 0 Å². The van der Waals surface area contributed by atoms with Gasteiger partial charge in [-0.2, -0.15) is 5.26 Å². The largest absolute Gasteiger partial charge is 0.240 e. The lowest BCUT2D eigenvalue weighted by Gasteiger charge is -2.08. The summed E-state index contributed by atoms with van der Waals surface area (Å²) in [5.74, 6) is 0. The van der Waals surface area contributed by atoms with Crippen LogP contribution in [0.5, 0.6) is 0 Å². The molecule has 0 aliphatic carbocycles. The van der Waals surface area contributed by atoms with E-state index in [1.807, 2.05) is 30.3 Å². The van der Waals surface area contributed by atoms with E-state index >= 15 is 0 Å². The highest BCUT2D eigenvalue weighted by atomic mass is 79.9. The molecule has 0 bridgehead atoms. The molecular formula is C14H11BrN2O2S. The van der Waals surface area contributed by atoms with E-state index in [1.165, 1.54) is 24.3 Å². The second kappa shape index (κ2) is 6.18. The molecule has 1 N–H and O–H groups in total. The van der Waals surface area contributed by atoms with Gasteiger partial charge in [-0.3, -0.25) is 0 Å². The minimum atomic E-state index is -3.58. The molecule has 102 valence electrons. The van der Waals surface area contributed by atoms with Crippen molar-refractivity contribution in [1.29, 1.82) is 5.26 Å². The molecule has 2 aromatic carbocycles. The summed E-state index contributed by atoms with van der Waals surface area (Å²) in [4.78, 5) is 0.142. The van der Waals surface area contributed by atoms with Crippen LogP contribution in [0.2, 0.25) is 0 Å². The zero-order valence-corrected chi connectivity index (χ0v) is 12.8. The summed E-state index contributed by atoms with van der Waals surface area (Å²) in [5, 5.41) is 8.69. The lowest BCUT2D eigenvalue weighted by molar-refractivity contribution is 0.581. The smallest absolute Gasteiger partial charge is 0.207 e. The van der Waals surface area contributed by atoms with E-state index in [0.29, 0.717) is 5.56 Å². The van der Waals surface area contributed by atoms with E-state index in [9.17, 15) is 8.42 Å². The van der Waals surface area contributed by atoms with E-state index < -0.39 is 10.0 Å². The first-order valence-corrected chi connectivity index (χ1v) is 8.04. The average Bonchev–Trinajstić information content (AvgIpc) is 2.46. The van der Waals surface area contributed by atoms with Crippen LogP contribution in [-0.2, 0) is 16.6 Å². The molecule has 20 heavy (non-hydrogen) atoms. The third kappa shape index (κ3) is 3.45. The van der Waals surface area contributed by atoms with Gasteiger partial charge in [0.25, 0.3) is 0 Å². The van der Waals surface area contributed by atoms with E-state index in [4.69, 9.17) is 5.26 Å². The molecule has 2 rings (SSSR count). The molecule has 0 spiro atoms.